The number of nitrogens with one attached hydrogen (secondary N) is 1. The fraction of sp³-hybridized carbons (Fsp3) is 0.500. The number of rotatable bonds is 6. The fourth-order valence-electron chi connectivity index (χ4n) is 2.74. The molecule has 0 saturated carbocycles. The van der Waals surface area contributed by atoms with E-state index in [4.69, 9.17) is 14.2 Å². The van der Waals surface area contributed by atoms with Gasteiger partial charge in [0.15, 0.2) is 27.9 Å². The molecular formula is C16H21NO7S. The topological polar surface area (TPSA) is 108 Å². The number of para-hydroxylation sites is 1. The van der Waals surface area contributed by atoms with Gasteiger partial charge >= 0.3 is 5.97 Å². The molecule has 1 saturated heterocycles. The van der Waals surface area contributed by atoms with E-state index in [-0.39, 0.29) is 22.8 Å². The summed E-state index contributed by atoms with van der Waals surface area (Å²) in [5.74, 6) is -0.812. The van der Waals surface area contributed by atoms with Crippen LogP contribution in [-0.2, 0) is 19.4 Å². The maximum absolute atomic E-state index is 12.2. The van der Waals surface area contributed by atoms with E-state index in [1.54, 1.807) is 19.1 Å². The van der Waals surface area contributed by atoms with Crippen LogP contribution < -0.4 is 14.8 Å². The number of carbonyl (C=O) groups excluding carboxylic acids is 2. The lowest BCUT2D eigenvalue weighted by Crippen LogP contribution is -2.48. The van der Waals surface area contributed by atoms with Gasteiger partial charge in [0.25, 0.3) is 5.91 Å². The Morgan fingerprint density at radius 2 is 1.96 bits per heavy atom. The van der Waals surface area contributed by atoms with Crippen molar-refractivity contribution in [3.8, 4) is 11.5 Å². The molecule has 1 heterocycles. The number of benzene rings is 1. The molecule has 0 bridgehead atoms. The van der Waals surface area contributed by atoms with Gasteiger partial charge in [0.1, 0.15) is 5.56 Å². The summed E-state index contributed by atoms with van der Waals surface area (Å²) in [6, 6.07) is 4.72. The Bertz CT molecular complexity index is 775. The average Bonchev–Trinajstić information content (AvgIpc) is 2.84. The number of amides is 1. The summed E-state index contributed by atoms with van der Waals surface area (Å²) in [6.07, 6.45) is 0.332. The lowest BCUT2D eigenvalue weighted by atomic mass is 10.0. The predicted octanol–water partition coefficient (Wildman–Crippen LogP) is 0.554. The zero-order valence-electron chi connectivity index (χ0n) is 14.3. The van der Waals surface area contributed by atoms with Crippen LogP contribution in [0.5, 0.6) is 11.5 Å². The minimum Gasteiger partial charge on any atom is -0.493 e. The third kappa shape index (κ3) is 4.62. The molecule has 1 atom stereocenters. The van der Waals surface area contributed by atoms with Crippen molar-refractivity contribution < 1.29 is 32.2 Å². The molecule has 1 fully saturated rings. The maximum Gasteiger partial charge on any atom is 0.342 e. The van der Waals surface area contributed by atoms with Gasteiger partial charge < -0.3 is 19.5 Å². The molecule has 0 aliphatic carbocycles. The number of sulfone groups is 1. The average molecular weight is 371 g/mol. The summed E-state index contributed by atoms with van der Waals surface area (Å²) in [5, 5.41) is 2.62. The van der Waals surface area contributed by atoms with Crippen molar-refractivity contribution >= 4 is 21.7 Å². The zero-order valence-corrected chi connectivity index (χ0v) is 15.1. The summed E-state index contributed by atoms with van der Waals surface area (Å²) in [6.45, 7) is 1.14. The fourth-order valence-corrected chi connectivity index (χ4v) is 4.83. The predicted molar refractivity (Wildman–Crippen MR) is 89.6 cm³/mol. The Labute approximate surface area is 146 Å². The Kier molecular flexibility index (Phi) is 5.56. The van der Waals surface area contributed by atoms with Crippen molar-refractivity contribution in [1.82, 2.24) is 5.32 Å². The van der Waals surface area contributed by atoms with Crippen molar-refractivity contribution in [3.63, 3.8) is 0 Å². The van der Waals surface area contributed by atoms with E-state index in [1.165, 1.54) is 20.3 Å². The minimum atomic E-state index is -3.14. The second-order valence-corrected chi connectivity index (χ2v) is 8.25. The molecule has 1 unspecified atom stereocenters. The molecule has 1 N–H and O–H groups in total. The van der Waals surface area contributed by atoms with E-state index in [1.807, 2.05) is 0 Å². The van der Waals surface area contributed by atoms with Gasteiger partial charge in [-0.3, -0.25) is 4.79 Å². The first-order chi connectivity index (χ1) is 11.7. The van der Waals surface area contributed by atoms with Gasteiger partial charge in [-0.05, 0) is 25.5 Å². The quantitative estimate of drug-likeness (QED) is 0.728. The highest BCUT2D eigenvalue weighted by atomic mass is 32.2. The molecule has 0 spiro atoms. The Balaban J connectivity index is 1.97. The van der Waals surface area contributed by atoms with Crippen LogP contribution in [0.15, 0.2) is 18.2 Å². The standard InChI is InChI=1S/C16H21NO7S/c1-16(7-8-25(20,21)10-16)17-13(18)9-24-15(19)11-5-4-6-12(22-2)14(11)23-3/h4-6H,7-10H2,1-3H3,(H,17,18). The van der Waals surface area contributed by atoms with Crippen molar-refractivity contribution in [3.05, 3.63) is 23.8 Å². The van der Waals surface area contributed by atoms with Crippen molar-refractivity contribution in [1.29, 1.82) is 0 Å². The molecule has 0 radical (unpaired) electrons. The Morgan fingerprint density at radius 3 is 2.52 bits per heavy atom. The maximum atomic E-state index is 12.2. The highest BCUT2D eigenvalue weighted by Gasteiger charge is 2.39. The number of ether oxygens (including phenoxy) is 3. The smallest absolute Gasteiger partial charge is 0.342 e. The van der Waals surface area contributed by atoms with Crippen LogP contribution in [0.2, 0.25) is 0 Å². The summed E-state index contributed by atoms with van der Waals surface area (Å²) in [5.41, 5.74) is -0.708. The van der Waals surface area contributed by atoms with Crippen LogP contribution in [0, 0.1) is 0 Å². The van der Waals surface area contributed by atoms with Gasteiger partial charge in [0.2, 0.25) is 0 Å². The van der Waals surface area contributed by atoms with E-state index >= 15 is 0 Å². The third-order valence-corrected chi connectivity index (χ3v) is 5.80. The largest absolute Gasteiger partial charge is 0.493 e. The van der Waals surface area contributed by atoms with E-state index in [2.05, 4.69) is 5.32 Å². The summed E-state index contributed by atoms with van der Waals surface area (Å²) in [7, 11) is -0.311. The third-order valence-electron chi connectivity index (χ3n) is 3.90. The molecule has 8 nitrogen and oxygen atoms in total. The highest BCUT2D eigenvalue weighted by molar-refractivity contribution is 7.91. The molecule has 2 rings (SSSR count). The van der Waals surface area contributed by atoms with Crippen LogP contribution >= 0.6 is 0 Å². The van der Waals surface area contributed by atoms with Gasteiger partial charge in [-0.15, -0.1) is 0 Å². The Hall–Kier alpha value is -2.29. The van der Waals surface area contributed by atoms with E-state index < -0.39 is 33.9 Å². The van der Waals surface area contributed by atoms with Gasteiger partial charge in [-0.25, -0.2) is 13.2 Å². The van der Waals surface area contributed by atoms with Gasteiger partial charge in [0, 0.05) is 0 Å². The number of carbonyl (C=O) groups is 2. The van der Waals surface area contributed by atoms with E-state index in [0.29, 0.717) is 12.2 Å². The van der Waals surface area contributed by atoms with Crippen LogP contribution in [-0.4, -0.2) is 58.2 Å². The van der Waals surface area contributed by atoms with Crippen molar-refractivity contribution in [2.45, 2.75) is 18.9 Å². The first kappa shape index (κ1) is 19.0. The van der Waals surface area contributed by atoms with E-state index in [9.17, 15) is 18.0 Å². The van der Waals surface area contributed by atoms with Gasteiger partial charge in [0.05, 0.1) is 31.3 Å². The molecular weight excluding hydrogens is 350 g/mol. The molecule has 1 aliphatic rings. The lowest BCUT2D eigenvalue weighted by Gasteiger charge is -2.23. The summed E-state index contributed by atoms with van der Waals surface area (Å²) < 4.78 is 38.4. The molecule has 25 heavy (non-hydrogen) atoms. The highest BCUT2D eigenvalue weighted by Crippen LogP contribution is 2.31. The zero-order chi connectivity index (χ0) is 18.7. The molecule has 138 valence electrons. The minimum absolute atomic E-state index is 0.0323. The van der Waals surface area contributed by atoms with Crippen LogP contribution in [0.25, 0.3) is 0 Å². The number of esters is 1. The van der Waals surface area contributed by atoms with Crippen LogP contribution in [0.4, 0.5) is 0 Å². The van der Waals surface area contributed by atoms with Gasteiger partial charge in [-0.1, -0.05) is 6.07 Å². The monoisotopic (exact) mass is 371 g/mol. The second kappa shape index (κ2) is 7.30. The van der Waals surface area contributed by atoms with Gasteiger partial charge in [-0.2, -0.15) is 0 Å². The molecule has 0 aromatic heterocycles. The normalized spacial score (nSPS) is 21.4. The van der Waals surface area contributed by atoms with Crippen LogP contribution in [0.3, 0.4) is 0 Å². The Morgan fingerprint density at radius 1 is 1.24 bits per heavy atom. The molecule has 1 amide bonds. The van der Waals surface area contributed by atoms with Crippen molar-refractivity contribution in [2.24, 2.45) is 0 Å². The summed E-state index contributed by atoms with van der Waals surface area (Å²) in [4.78, 5) is 24.2. The van der Waals surface area contributed by atoms with Crippen LogP contribution in [0.1, 0.15) is 23.7 Å². The summed E-state index contributed by atoms with van der Waals surface area (Å²) >= 11 is 0. The first-order valence-electron chi connectivity index (χ1n) is 7.59. The molecule has 1 aliphatic heterocycles. The molecule has 1 aromatic carbocycles. The SMILES string of the molecule is COc1cccc(C(=O)OCC(=O)NC2(C)CCS(=O)(=O)C2)c1OC. The molecule has 1 aromatic rings. The van der Waals surface area contributed by atoms with E-state index in [0.717, 1.165) is 0 Å². The van der Waals surface area contributed by atoms with Crippen molar-refractivity contribution in [2.75, 3.05) is 32.3 Å². The number of methoxy groups -OCH3 is 2. The number of hydrogen-bond acceptors (Lipinski definition) is 7. The molecule has 9 heteroatoms. The first-order valence-corrected chi connectivity index (χ1v) is 9.41. The lowest BCUT2D eigenvalue weighted by molar-refractivity contribution is -0.125. The number of hydrogen-bond donors (Lipinski definition) is 1. The second-order valence-electron chi connectivity index (χ2n) is 6.07.